The minimum Gasteiger partial charge on any atom is -0.378 e. The fourth-order valence-corrected chi connectivity index (χ4v) is 6.94. The number of hydrogen-bond donors (Lipinski definition) is 0. The van der Waals surface area contributed by atoms with Crippen molar-refractivity contribution in [2.24, 2.45) is 0 Å². The van der Waals surface area contributed by atoms with Crippen LogP contribution in [0.25, 0.3) is 22.2 Å². The van der Waals surface area contributed by atoms with Gasteiger partial charge in [0.05, 0.1) is 49.5 Å². The predicted molar refractivity (Wildman–Crippen MR) is 189 cm³/mol. The molecule has 0 amide bonds. The summed E-state index contributed by atoms with van der Waals surface area (Å²) in [5.41, 5.74) is 6.10. The highest BCUT2D eigenvalue weighted by Crippen LogP contribution is 2.42. The molecule has 0 bridgehead atoms. The van der Waals surface area contributed by atoms with Crippen molar-refractivity contribution in [3.63, 3.8) is 0 Å². The molecule has 0 aliphatic carbocycles. The highest BCUT2D eigenvalue weighted by molar-refractivity contribution is 7.94. The number of pyridine rings is 1. The van der Waals surface area contributed by atoms with Crippen molar-refractivity contribution in [3.8, 4) is 11.1 Å². The number of anilines is 1. The Kier molecular flexibility index (Phi) is 8.38. The summed E-state index contributed by atoms with van der Waals surface area (Å²) in [5, 5.41) is 6.04. The quantitative estimate of drug-likeness (QED) is 0.0652. The van der Waals surface area contributed by atoms with Crippen molar-refractivity contribution in [3.05, 3.63) is 169 Å². The molecule has 1 aliphatic heterocycles. The van der Waals surface area contributed by atoms with Gasteiger partial charge >= 0.3 is 0 Å². The van der Waals surface area contributed by atoms with Gasteiger partial charge in [0.2, 0.25) is 0 Å². The number of fused-ring (bicyclic) bond motifs is 1. The summed E-state index contributed by atoms with van der Waals surface area (Å²) in [6, 6.07) is 43.6. The van der Waals surface area contributed by atoms with Gasteiger partial charge in [-0.3, -0.25) is 4.68 Å². The number of nitrogens with zero attached hydrogens (tertiary/aromatic N) is 5. The predicted octanol–water partition coefficient (Wildman–Crippen LogP) is 7.64. The molecule has 48 heavy (non-hydrogen) atoms. The third-order valence-electron chi connectivity index (χ3n) is 8.77. The Hall–Kier alpha value is -5.35. The lowest BCUT2D eigenvalue weighted by atomic mass is 9.77. The van der Waals surface area contributed by atoms with E-state index in [1.807, 2.05) is 67.1 Å². The first-order valence-electron chi connectivity index (χ1n) is 15.9. The summed E-state index contributed by atoms with van der Waals surface area (Å²) in [6.45, 7) is 2.99. The van der Waals surface area contributed by atoms with E-state index >= 15 is 0 Å². The molecule has 0 spiro atoms. The molecule has 1 saturated heterocycles. The summed E-state index contributed by atoms with van der Waals surface area (Å²) in [6.07, 6.45) is 7.84. The zero-order chi connectivity index (χ0) is 32.2. The highest BCUT2D eigenvalue weighted by Gasteiger charge is 2.39. The second-order valence-electron chi connectivity index (χ2n) is 11.6. The molecule has 0 unspecified atom stereocenters. The van der Waals surface area contributed by atoms with E-state index in [-0.39, 0.29) is 0 Å². The fourth-order valence-electron chi connectivity index (χ4n) is 6.49. The molecule has 0 N–H and O–H groups in total. The van der Waals surface area contributed by atoms with Crippen molar-refractivity contribution in [1.29, 1.82) is 0 Å². The van der Waals surface area contributed by atoms with Crippen LogP contribution in [-0.2, 0) is 14.6 Å². The van der Waals surface area contributed by atoms with Crippen LogP contribution in [0, 0.1) is 0 Å². The van der Waals surface area contributed by atoms with Crippen LogP contribution in [0.5, 0.6) is 0 Å². The molecular formula is C39H33N5O3S. The molecule has 4 aromatic carbocycles. The first kappa shape index (κ1) is 30.0. The lowest BCUT2D eigenvalue weighted by Crippen LogP contribution is -2.38. The maximum absolute atomic E-state index is 5.85. The molecule has 8 nitrogen and oxygen atoms in total. The summed E-state index contributed by atoms with van der Waals surface area (Å²) < 4.78 is 14.9. The molecule has 238 valence electrons. The molecule has 1 fully saturated rings. The molecule has 0 saturated carbocycles. The molecular weight excluding hydrogens is 619 g/mol. The van der Waals surface area contributed by atoms with Crippen LogP contribution in [0.15, 0.2) is 157 Å². The molecule has 9 heteroatoms. The monoisotopic (exact) mass is 651 g/mol. The van der Waals surface area contributed by atoms with E-state index in [9.17, 15) is 0 Å². The molecule has 0 atom stereocenters. The van der Waals surface area contributed by atoms with Gasteiger partial charge in [-0.05, 0) is 34.9 Å². The van der Waals surface area contributed by atoms with E-state index in [0.717, 1.165) is 68.9 Å². The Bertz CT molecular complexity index is 2000. The number of benzene rings is 4. The molecule has 0 radical (unpaired) electrons. The molecule has 1 aliphatic rings. The number of hydrogen-bond acceptors (Lipinski definition) is 7. The van der Waals surface area contributed by atoms with Crippen LogP contribution in [0.1, 0.15) is 16.7 Å². The van der Waals surface area contributed by atoms with E-state index < -0.39 is 5.54 Å². The molecule has 7 aromatic rings. The molecule has 8 rings (SSSR count). The lowest BCUT2D eigenvalue weighted by molar-refractivity contribution is -0.188. The van der Waals surface area contributed by atoms with Crippen molar-refractivity contribution in [2.75, 3.05) is 31.2 Å². The van der Waals surface area contributed by atoms with Gasteiger partial charge in [0.25, 0.3) is 0 Å². The Morgan fingerprint density at radius 3 is 1.88 bits per heavy atom. The second kappa shape index (κ2) is 13.4. The van der Waals surface area contributed by atoms with Crippen LogP contribution < -0.4 is 9.89 Å². The standard InChI is InChI=1S/C39H33N5O3S/c1-5-13-31(14-6-1)39(32-15-7-2-8-16-32,33-17-9-3-10-18-33)44-28-30(26-41-44)37-29-43(46-47-48-35-19-11-4-12-20-35)38-36(37)25-34(27-40-38)42-21-23-45-24-22-42/h1-20,25-29H,21-24H2. The van der Waals surface area contributed by atoms with Gasteiger partial charge in [0.15, 0.2) is 5.65 Å². The molecule has 4 heterocycles. The Balaban J connectivity index is 1.26. The zero-order valence-corrected chi connectivity index (χ0v) is 26.9. The molecule has 3 aromatic heterocycles. The van der Waals surface area contributed by atoms with E-state index in [2.05, 4.69) is 94.6 Å². The number of rotatable bonds is 10. The Morgan fingerprint density at radius 1 is 0.688 bits per heavy atom. The van der Waals surface area contributed by atoms with Crippen LogP contribution in [0.4, 0.5) is 5.69 Å². The maximum Gasteiger partial charge on any atom is 0.179 e. The number of aromatic nitrogens is 4. The van der Waals surface area contributed by atoms with Gasteiger partial charge in [0, 0.05) is 40.7 Å². The smallest absolute Gasteiger partial charge is 0.179 e. The van der Waals surface area contributed by atoms with E-state index in [0.29, 0.717) is 18.9 Å². The Labute approximate surface area is 283 Å². The lowest BCUT2D eigenvalue weighted by Gasteiger charge is -2.36. The van der Waals surface area contributed by atoms with Gasteiger partial charge in [-0.15, -0.1) is 4.73 Å². The second-order valence-corrected chi connectivity index (χ2v) is 12.3. The van der Waals surface area contributed by atoms with Crippen LogP contribution in [-0.4, -0.2) is 45.8 Å². The van der Waals surface area contributed by atoms with Gasteiger partial charge < -0.3 is 9.64 Å². The van der Waals surface area contributed by atoms with E-state index in [4.69, 9.17) is 24.1 Å². The van der Waals surface area contributed by atoms with Gasteiger partial charge in [0.1, 0.15) is 5.54 Å². The zero-order valence-electron chi connectivity index (χ0n) is 26.1. The number of ether oxygens (including phenoxy) is 1. The van der Waals surface area contributed by atoms with Crippen molar-refractivity contribution < 1.29 is 14.1 Å². The first-order chi connectivity index (χ1) is 23.8. The third kappa shape index (κ3) is 5.62. The Morgan fingerprint density at radius 2 is 1.27 bits per heavy atom. The summed E-state index contributed by atoms with van der Waals surface area (Å²) >= 11 is 1.15. The largest absolute Gasteiger partial charge is 0.378 e. The fraction of sp³-hybridized carbons (Fsp3) is 0.128. The average Bonchev–Trinajstić information content (AvgIpc) is 3.79. The minimum absolute atomic E-state index is 0.642. The van der Waals surface area contributed by atoms with E-state index in [1.54, 1.807) is 4.73 Å². The first-order valence-corrected chi connectivity index (χ1v) is 16.7. The van der Waals surface area contributed by atoms with Crippen molar-refractivity contribution in [2.45, 2.75) is 10.4 Å². The SMILES string of the molecule is c1ccc(SOOn2cc(-c3cnn(C(c4ccccc4)(c4ccccc4)c4ccccc4)c3)c3cc(N4CCOCC4)cnc32)cc1. The third-order valence-corrected chi connectivity index (χ3v) is 9.36. The average molecular weight is 652 g/mol. The highest BCUT2D eigenvalue weighted by atomic mass is 32.2. The normalized spacial score (nSPS) is 13.5. The van der Waals surface area contributed by atoms with Crippen LogP contribution in [0.3, 0.4) is 0 Å². The topological polar surface area (TPSA) is 66.6 Å². The van der Waals surface area contributed by atoms with Crippen LogP contribution >= 0.6 is 12.0 Å². The van der Waals surface area contributed by atoms with Gasteiger partial charge in [-0.25, -0.2) is 9.97 Å². The van der Waals surface area contributed by atoms with Crippen molar-refractivity contribution >= 4 is 28.8 Å². The summed E-state index contributed by atoms with van der Waals surface area (Å²) in [5.74, 6) is 0. The van der Waals surface area contributed by atoms with Crippen LogP contribution in [0.2, 0.25) is 0 Å². The number of morpholine rings is 1. The van der Waals surface area contributed by atoms with Gasteiger partial charge in [-0.2, -0.15) is 5.10 Å². The van der Waals surface area contributed by atoms with E-state index in [1.165, 1.54) is 0 Å². The summed E-state index contributed by atoms with van der Waals surface area (Å²) in [4.78, 5) is 13.9. The summed E-state index contributed by atoms with van der Waals surface area (Å²) in [7, 11) is 0. The minimum atomic E-state index is -0.733. The van der Waals surface area contributed by atoms with Crippen molar-refractivity contribution in [1.82, 2.24) is 19.5 Å². The maximum atomic E-state index is 5.85. The van der Waals surface area contributed by atoms with Gasteiger partial charge in [-0.1, -0.05) is 114 Å².